The second-order valence-corrected chi connectivity index (χ2v) is 8.36. The molecule has 0 bridgehead atoms. The van der Waals surface area contributed by atoms with E-state index in [9.17, 15) is 13.2 Å². The fourth-order valence-corrected chi connectivity index (χ4v) is 4.33. The summed E-state index contributed by atoms with van der Waals surface area (Å²) in [6.45, 7) is 0. The average molecular weight is 408 g/mol. The van der Waals surface area contributed by atoms with Gasteiger partial charge in [0.05, 0.1) is 12.0 Å². The first-order valence-corrected chi connectivity index (χ1v) is 9.45. The number of methoxy groups -OCH3 is 1. The second kappa shape index (κ2) is 7.74. The quantitative estimate of drug-likeness (QED) is 0.697. The van der Waals surface area contributed by atoms with Crippen molar-refractivity contribution in [3.63, 3.8) is 0 Å². The Labute approximate surface area is 155 Å². The molecule has 4 nitrogen and oxygen atoms in total. The maximum absolute atomic E-state index is 12.8. The molecular formula is C16H13Cl3O4S. The third-order valence-electron chi connectivity index (χ3n) is 3.40. The van der Waals surface area contributed by atoms with Crippen LogP contribution in [0.15, 0.2) is 47.4 Å². The lowest BCUT2D eigenvalue weighted by molar-refractivity contribution is -0.140. The predicted molar refractivity (Wildman–Crippen MR) is 94.6 cm³/mol. The van der Waals surface area contributed by atoms with Crippen molar-refractivity contribution >= 4 is 50.6 Å². The lowest BCUT2D eigenvalue weighted by atomic mass is 10.1. The van der Waals surface area contributed by atoms with Gasteiger partial charge >= 0.3 is 5.97 Å². The van der Waals surface area contributed by atoms with Crippen LogP contribution in [0.25, 0.3) is 0 Å². The van der Waals surface area contributed by atoms with Crippen molar-refractivity contribution in [2.24, 2.45) is 0 Å². The number of benzene rings is 2. The number of ether oxygens (including phenoxy) is 1. The summed E-state index contributed by atoms with van der Waals surface area (Å²) in [7, 11) is -2.84. The average Bonchev–Trinajstić information content (AvgIpc) is 2.53. The topological polar surface area (TPSA) is 60.4 Å². The molecule has 0 aromatic heterocycles. The van der Waals surface area contributed by atoms with Crippen LogP contribution in [-0.4, -0.2) is 26.7 Å². The summed E-state index contributed by atoms with van der Waals surface area (Å²) < 4.78 is 30.3. The van der Waals surface area contributed by atoms with E-state index in [1.165, 1.54) is 30.3 Å². The molecule has 128 valence electrons. The third-order valence-corrected chi connectivity index (χ3v) is 6.28. The van der Waals surface area contributed by atoms with Crippen molar-refractivity contribution in [1.29, 1.82) is 0 Å². The third kappa shape index (κ3) is 4.22. The van der Waals surface area contributed by atoms with Gasteiger partial charge in [-0.25, -0.2) is 8.42 Å². The van der Waals surface area contributed by atoms with Crippen LogP contribution in [0.5, 0.6) is 0 Å². The Morgan fingerprint density at radius 3 is 2.17 bits per heavy atom. The first-order valence-electron chi connectivity index (χ1n) is 6.77. The lowest BCUT2D eigenvalue weighted by Gasteiger charge is -2.16. The van der Waals surface area contributed by atoms with Gasteiger partial charge in [0.1, 0.15) is 0 Å². The highest BCUT2D eigenvalue weighted by molar-refractivity contribution is 7.92. The van der Waals surface area contributed by atoms with Crippen LogP contribution in [0.3, 0.4) is 0 Å². The molecule has 24 heavy (non-hydrogen) atoms. The van der Waals surface area contributed by atoms with E-state index in [1.54, 1.807) is 12.1 Å². The molecule has 0 saturated carbocycles. The van der Waals surface area contributed by atoms with Crippen LogP contribution in [-0.2, 0) is 25.8 Å². The fraction of sp³-hybridized carbons (Fsp3) is 0.188. The summed E-state index contributed by atoms with van der Waals surface area (Å²) in [5, 5.41) is -0.340. The number of esters is 1. The molecule has 1 unspecified atom stereocenters. The molecular weight excluding hydrogens is 395 g/mol. The molecule has 2 rings (SSSR count). The summed E-state index contributed by atoms with van der Waals surface area (Å²) in [6.07, 6.45) is -0.131. The van der Waals surface area contributed by atoms with Gasteiger partial charge in [-0.3, -0.25) is 4.79 Å². The number of carbonyl (C=O) groups is 1. The number of sulfone groups is 1. The summed E-state index contributed by atoms with van der Waals surface area (Å²) in [4.78, 5) is 12.1. The van der Waals surface area contributed by atoms with Crippen LogP contribution >= 0.6 is 34.8 Å². The van der Waals surface area contributed by atoms with E-state index in [0.717, 1.165) is 7.11 Å². The summed E-state index contributed by atoms with van der Waals surface area (Å²) in [5.41, 5.74) is 0.481. The van der Waals surface area contributed by atoms with Crippen molar-refractivity contribution in [3.8, 4) is 0 Å². The summed E-state index contributed by atoms with van der Waals surface area (Å²) >= 11 is 17.7. The monoisotopic (exact) mass is 406 g/mol. The minimum atomic E-state index is -3.98. The second-order valence-electron chi connectivity index (χ2n) is 4.95. The normalized spacial score (nSPS) is 12.7. The SMILES string of the molecule is COC(=O)C(Cc1ccc(Cl)cc1Cl)S(=O)(=O)c1ccc(Cl)cc1. The zero-order valence-corrected chi connectivity index (χ0v) is 15.6. The van der Waals surface area contributed by atoms with Gasteiger partial charge in [-0.2, -0.15) is 0 Å². The van der Waals surface area contributed by atoms with E-state index >= 15 is 0 Å². The Morgan fingerprint density at radius 1 is 1.04 bits per heavy atom. The molecule has 0 spiro atoms. The standard InChI is InChI=1S/C16H13Cl3O4S/c1-23-16(20)15(8-10-2-3-12(18)9-14(10)19)24(21,22)13-6-4-11(17)5-7-13/h2-7,9,15H,8H2,1H3. The zero-order valence-electron chi connectivity index (χ0n) is 12.5. The Balaban J connectivity index is 2.44. The molecule has 0 aliphatic rings. The molecule has 0 heterocycles. The van der Waals surface area contributed by atoms with Crippen LogP contribution < -0.4 is 0 Å². The van der Waals surface area contributed by atoms with E-state index in [1.807, 2.05) is 0 Å². The number of rotatable bonds is 5. The highest BCUT2D eigenvalue weighted by Gasteiger charge is 2.35. The molecule has 2 aromatic rings. The molecule has 0 amide bonds. The Kier molecular flexibility index (Phi) is 6.15. The maximum atomic E-state index is 12.8. The largest absolute Gasteiger partial charge is 0.468 e. The molecule has 0 aliphatic heterocycles. The fourth-order valence-electron chi connectivity index (χ4n) is 2.13. The molecule has 0 N–H and O–H groups in total. The maximum Gasteiger partial charge on any atom is 0.324 e. The Hall–Kier alpha value is -1.27. The van der Waals surface area contributed by atoms with Crippen molar-refractivity contribution in [3.05, 3.63) is 63.1 Å². The highest BCUT2D eigenvalue weighted by atomic mass is 35.5. The molecule has 8 heteroatoms. The Bertz CT molecular complexity index is 848. The van der Waals surface area contributed by atoms with Gasteiger partial charge in [0, 0.05) is 21.5 Å². The first-order chi connectivity index (χ1) is 11.3. The number of hydrogen-bond acceptors (Lipinski definition) is 4. The summed E-state index contributed by atoms with van der Waals surface area (Å²) in [5.74, 6) is -0.865. The van der Waals surface area contributed by atoms with Gasteiger partial charge in [0.15, 0.2) is 15.1 Å². The van der Waals surface area contributed by atoms with Gasteiger partial charge in [-0.05, 0) is 42.0 Å². The van der Waals surface area contributed by atoms with Crippen LogP contribution in [0.1, 0.15) is 5.56 Å². The zero-order chi connectivity index (χ0) is 17.9. The number of carbonyl (C=O) groups excluding carboxylic acids is 1. The lowest BCUT2D eigenvalue weighted by Crippen LogP contribution is -2.33. The van der Waals surface area contributed by atoms with Crippen molar-refractivity contribution in [1.82, 2.24) is 0 Å². The van der Waals surface area contributed by atoms with Gasteiger partial charge < -0.3 is 4.74 Å². The van der Waals surface area contributed by atoms with E-state index < -0.39 is 21.1 Å². The van der Waals surface area contributed by atoms with Crippen molar-refractivity contribution < 1.29 is 17.9 Å². The molecule has 1 atom stereocenters. The van der Waals surface area contributed by atoms with Crippen molar-refractivity contribution in [2.75, 3.05) is 7.11 Å². The minimum absolute atomic E-state index is 0.0209. The van der Waals surface area contributed by atoms with E-state index in [4.69, 9.17) is 34.8 Å². The number of hydrogen-bond donors (Lipinski definition) is 0. The number of halogens is 3. The molecule has 0 fully saturated rings. The minimum Gasteiger partial charge on any atom is -0.468 e. The molecule has 0 radical (unpaired) electrons. The van der Waals surface area contributed by atoms with Gasteiger partial charge in [-0.15, -0.1) is 0 Å². The highest BCUT2D eigenvalue weighted by Crippen LogP contribution is 2.27. The predicted octanol–water partition coefficient (Wildman–Crippen LogP) is 4.20. The van der Waals surface area contributed by atoms with Gasteiger partial charge in [0.25, 0.3) is 0 Å². The molecule has 0 saturated heterocycles. The van der Waals surface area contributed by atoms with Crippen LogP contribution in [0.2, 0.25) is 15.1 Å². The van der Waals surface area contributed by atoms with Gasteiger partial charge in [0.2, 0.25) is 0 Å². The van der Waals surface area contributed by atoms with E-state index in [-0.39, 0.29) is 16.3 Å². The van der Waals surface area contributed by atoms with Gasteiger partial charge in [-0.1, -0.05) is 40.9 Å². The van der Waals surface area contributed by atoms with Crippen molar-refractivity contribution in [2.45, 2.75) is 16.6 Å². The summed E-state index contributed by atoms with van der Waals surface area (Å²) in [6, 6.07) is 10.2. The molecule has 2 aromatic carbocycles. The van der Waals surface area contributed by atoms with E-state index in [2.05, 4.69) is 4.74 Å². The smallest absolute Gasteiger partial charge is 0.324 e. The molecule has 0 aliphatic carbocycles. The van der Waals surface area contributed by atoms with E-state index in [0.29, 0.717) is 15.6 Å². The van der Waals surface area contributed by atoms with Crippen LogP contribution in [0, 0.1) is 0 Å². The van der Waals surface area contributed by atoms with Crippen LogP contribution in [0.4, 0.5) is 0 Å². The first kappa shape index (κ1) is 19.1. The Morgan fingerprint density at radius 2 is 1.62 bits per heavy atom.